The summed E-state index contributed by atoms with van der Waals surface area (Å²) in [5.74, 6) is 0.378. The fourth-order valence-electron chi connectivity index (χ4n) is 1.99. The predicted molar refractivity (Wildman–Crippen MR) is 64.5 cm³/mol. The number of rotatable bonds is 2. The number of aromatic nitrogens is 3. The Labute approximate surface area is 93.3 Å². The molecule has 2 rings (SSSR count). The lowest BCUT2D eigenvalue weighted by atomic mass is 10.2. The van der Waals surface area contributed by atoms with E-state index in [1.807, 2.05) is 17.7 Å². The minimum absolute atomic E-state index is 0.166. The van der Waals surface area contributed by atoms with Crippen LogP contribution in [-0.2, 0) is 6.42 Å². The molecule has 0 fully saturated rings. The SMILES string of the molecule is CCc1cn(C(C)C)c2c(N)n[nH]c(=O)c12. The molecule has 0 spiro atoms. The van der Waals surface area contributed by atoms with Gasteiger partial charge in [0.15, 0.2) is 5.82 Å². The second kappa shape index (κ2) is 3.66. The minimum atomic E-state index is -0.166. The van der Waals surface area contributed by atoms with Gasteiger partial charge in [0.05, 0.1) is 10.9 Å². The van der Waals surface area contributed by atoms with Gasteiger partial charge in [-0.3, -0.25) is 4.79 Å². The zero-order valence-electron chi connectivity index (χ0n) is 9.74. The van der Waals surface area contributed by atoms with E-state index in [-0.39, 0.29) is 11.6 Å². The third kappa shape index (κ3) is 1.39. The molecule has 0 saturated heterocycles. The molecular formula is C11H16N4O. The van der Waals surface area contributed by atoms with Gasteiger partial charge in [-0.1, -0.05) is 6.92 Å². The summed E-state index contributed by atoms with van der Waals surface area (Å²) in [5, 5.41) is 6.91. The minimum Gasteiger partial charge on any atom is -0.381 e. The van der Waals surface area contributed by atoms with Crippen molar-refractivity contribution < 1.29 is 0 Å². The molecule has 0 radical (unpaired) electrons. The van der Waals surface area contributed by atoms with Crippen molar-refractivity contribution >= 4 is 16.7 Å². The number of anilines is 1. The Hall–Kier alpha value is -1.78. The Morgan fingerprint density at radius 1 is 1.56 bits per heavy atom. The van der Waals surface area contributed by atoms with Crippen LogP contribution in [0.2, 0.25) is 0 Å². The topological polar surface area (TPSA) is 76.7 Å². The molecule has 2 aromatic rings. The summed E-state index contributed by atoms with van der Waals surface area (Å²) in [6, 6.07) is 0.258. The van der Waals surface area contributed by atoms with Crippen molar-refractivity contribution in [2.24, 2.45) is 0 Å². The highest BCUT2D eigenvalue weighted by atomic mass is 16.1. The Kier molecular flexibility index (Phi) is 2.46. The van der Waals surface area contributed by atoms with Gasteiger partial charge in [0.1, 0.15) is 0 Å². The number of hydrogen-bond acceptors (Lipinski definition) is 3. The van der Waals surface area contributed by atoms with E-state index in [4.69, 9.17) is 5.73 Å². The molecule has 0 saturated carbocycles. The lowest BCUT2D eigenvalue weighted by Gasteiger charge is -2.09. The molecule has 2 aromatic heterocycles. The van der Waals surface area contributed by atoms with Gasteiger partial charge in [-0.05, 0) is 25.8 Å². The number of fused-ring (bicyclic) bond motifs is 1. The van der Waals surface area contributed by atoms with Gasteiger partial charge < -0.3 is 10.3 Å². The van der Waals surface area contributed by atoms with E-state index in [0.717, 1.165) is 17.5 Å². The van der Waals surface area contributed by atoms with Gasteiger partial charge in [-0.25, -0.2) is 5.10 Å². The molecule has 0 aliphatic carbocycles. The quantitative estimate of drug-likeness (QED) is 0.804. The largest absolute Gasteiger partial charge is 0.381 e. The number of nitrogens with one attached hydrogen (secondary N) is 1. The molecule has 5 heteroatoms. The monoisotopic (exact) mass is 220 g/mol. The van der Waals surface area contributed by atoms with Crippen LogP contribution in [0.25, 0.3) is 10.9 Å². The Balaban J connectivity index is 2.95. The highest BCUT2D eigenvalue weighted by Crippen LogP contribution is 2.25. The van der Waals surface area contributed by atoms with Crippen molar-refractivity contribution in [2.45, 2.75) is 33.2 Å². The number of nitrogens with zero attached hydrogens (tertiary/aromatic N) is 2. The molecule has 16 heavy (non-hydrogen) atoms. The summed E-state index contributed by atoms with van der Waals surface area (Å²) < 4.78 is 2.01. The molecule has 0 amide bonds. The van der Waals surface area contributed by atoms with E-state index in [2.05, 4.69) is 24.0 Å². The van der Waals surface area contributed by atoms with Crippen LogP contribution in [0, 0.1) is 0 Å². The molecule has 0 aromatic carbocycles. The van der Waals surface area contributed by atoms with Crippen LogP contribution in [-0.4, -0.2) is 14.8 Å². The van der Waals surface area contributed by atoms with Crippen molar-refractivity contribution in [1.29, 1.82) is 0 Å². The zero-order chi connectivity index (χ0) is 11.9. The second-order valence-corrected chi connectivity index (χ2v) is 4.17. The maximum atomic E-state index is 11.8. The fourth-order valence-corrected chi connectivity index (χ4v) is 1.99. The molecule has 0 aliphatic heterocycles. The number of aromatic amines is 1. The van der Waals surface area contributed by atoms with Gasteiger partial charge in [0.2, 0.25) is 0 Å². The average Bonchev–Trinajstić information content (AvgIpc) is 2.64. The molecule has 86 valence electrons. The highest BCUT2D eigenvalue weighted by Gasteiger charge is 2.15. The molecule has 5 nitrogen and oxygen atoms in total. The van der Waals surface area contributed by atoms with E-state index < -0.39 is 0 Å². The molecule has 0 atom stereocenters. The fraction of sp³-hybridized carbons (Fsp3) is 0.455. The van der Waals surface area contributed by atoms with E-state index in [1.54, 1.807) is 0 Å². The lowest BCUT2D eigenvalue weighted by Crippen LogP contribution is -2.12. The van der Waals surface area contributed by atoms with Crippen LogP contribution < -0.4 is 11.3 Å². The number of nitrogen functional groups attached to an aromatic ring is 1. The van der Waals surface area contributed by atoms with Crippen LogP contribution in [0.1, 0.15) is 32.4 Å². The third-order valence-electron chi connectivity index (χ3n) is 2.80. The standard InChI is InChI=1S/C11H16N4O/c1-4-7-5-15(6(2)3)9-8(7)11(16)14-13-10(9)12/h5-6H,4H2,1-3H3,(H2,12,13)(H,14,16). The maximum absolute atomic E-state index is 11.8. The number of H-pyrrole nitrogens is 1. The van der Waals surface area contributed by atoms with Crippen LogP contribution >= 0.6 is 0 Å². The normalized spacial score (nSPS) is 11.5. The predicted octanol–water partition coefficient (Wildman–Crippen LogP) is 1.45. The van der Waals surface area contributed by atoms with Crippen molar-refractivity contribution in [3.05, 3.63) is 22.1 Å². The van der Waals surface area contributed by atoms with Crippen molar-refractivity contribution in [1.82, 2.24) is 14.8 Å². The molecule has 2 heterocycles. The van der Waals surface area contributed by atoms with Gasteiger partial charge in [-0.15, -0.1) is 0 Å². The summed E-state index contributed by atoms with van der Waals surface area (Å²) in [4.78, 5) is 11.8. The summed E-state index contributed by atoms with van der Waals surface area (Å²) in [6.45, 7) is 6.13. The summed E-state index contributed by atoms with van der Waals surface area (Å²) in [6.07, 6.45) is 2.80. The first-order valence-electron chi connectivity index (χ1n) is 5.43. The molecule has 0 aliphatic rings. The lowest BCUT2D eigenvalue weighted by molar-refractivity contribution is 0.620. The van der Waals surface area contributed by atoms with Crippen molar-refractivity contribution in [2.75, 3.05) is 5.73 Å². The second-order valence-electron chi connectivity index (χ2n) is 4.17. The summed E-state index contributed by atoms with van der Waals surface area (Å²) in [5.41, 5.74) is 7.42. The van der Waals surface area contributed by atoms with E-state index in [1.165, 1.54) is 0 Å². The van der Waals surface area contributed by atoms with Gasteiger partial charge >= 0.3 is 0 Å². The first kappa shape index (κ1) is 10.7. The van der Waals surface area contributed by atoms with Gasteiger partial charge in [-0.2, -0.15) is 5.10 Å². The Bertz CT molecular complexity index is 579. The average molecular weight is 220 g/mol. The van der Waals surface area contributed by atoms with E-state index >= 15 is 0 Å². The maximum Gasteiger partial charge on any atom is 0.274 e. The zero-order valence-corrected chi connectivity index (χ0v) is 9.74. The Morgan fingerprint density at radius 3 is 2.81 bits per heavy atom. The van der Waals surface area contributed by atoms with E-state index in [9.17, 15) is 4.79 Å². The van der Waals surface area contributed by atoms with Crippen LogP contribution in [0.5, 0.6) is 0 Å². The van der Waals surface area contributed by atoms with Crippen LogP contribution in [0.4, 0.5) is 5.82 Å². The van der Waals surface area contributed by atoms with Crippen molar-refractivity contribution in [3.8, 4) is 0 Å². The number of hydrogen-bond donors (Lipinski definition) is 2. The molecule has 3 N–H and O–H groups in total. The third-order valence-corrected chi connectivity index (χ3v) is 2.80. The first-order valence-corrected chi connectivity index (χ1v) is 5.43. The Morgan fingerprint density at radius 2 is 2.25 bits per heavy atom. The number of aryl methyl sites for hydroxylation is 1. The molecule has 0 unspecified atom stereocenters. The summed E-state index contributed by atoms with van der Waals surface area (Å²) in [7, 11) is 0. The highest BCUT2D eigenvalue weighted by molar-refractivity contribution is 5.90. The van der Waals surface area contributed by atoms with Crippen LogP contribution in [0.15, 0.2) is 11.0 Å². The van der Waals surface area contributed by atoms with Crippen molar-refractivity contribution in [3.63, 3.8) is 0 Å². The van der Waals surface area contributed by atoms with Crippen LogP contribution in [0.3, 0.4) is 0 Å². The first-order chi connectivity index (χ1) is 7.56. The van der Waals surface area contributed by atoms with E-state index in [0.29, 0.717) is 11.2 Å². The van der Waals surface area contributed by atoms with Gasteiger partial charge in [0.25, 0.3) is 5.56 Å². The smallest absolute Gasteiger partial charge is 0.274 e. The van der Waals surface area contributed by atoms with Gasteiger partial charge in [0, 0.05) is 12.2 Å². The molecule has 0 bridgehead atoms. The summed E-state index contributed by atoms with van der Waals surface area (Å²) >= 11 is 0. The molecular weight excluding hydrogens is 204 g/mol. The number of nitrogens with two attached hydrogens (primary N) is 1.